The molecule has 0 spiro atoms. The van der Waals surface area contributed by atoms with Crippen molar-refractivity contribution in [2.24, 2.45) is 0 Å². The van der Waals surface area contributed by atoms with Gasteiger partial charge >= 0.3 is 6.09 Å². The van der Waals surface area contributed by atoms with Crippen molar-refractivity contribution in [2.75, 3.05) is 21.3 Å². The summed E-state index contributed by atoms with van der Waals surface area (Å²) in [6.45, 7) is 4.51. The van der Waals surface area contributed by atoms with Gasteiger partial charge in [-0.2, -0.15) is 0 Å². The van der Waals surface area contributed by atoms with Crippen LogP contribution in [-0.4, -0.2) is 32.3 Å². The summed E-state index contributed by atoms with van der Waals surface area (Å²) in [6.07, 6.45) is -0.337. The Hall–Kier alpha value is -1.71. The van der Waals surface area contributed by atoms with Crippen LogP contribution in [0.4, 0.5) is 4.79 Å². The predicted octanol–water partition coefficient (Wildman–Crippen LogP) is 2.51. The summed E-state index contributed by atoms with van der Waals surface area (Å²) >= 11 is 0. The molecule has 1 aromatic rings. The first-order chi connectivity index (χ1) is 7.99. The van der Waals surface area contributed by atoms with E-state index in [9.17, 15) is 4.79 Å². The van der Waals surface area contributed by atoms with E-state index in [0.29, 0.717) is 6.54 Å². The molecule has 0 N–H and O–H groups in total. The highest BCUT2D eigenvalue weighted by atomic mass is 16.5. The topological polar surface area (TPSA) is 38.8 Å². The molecule has 4 heteroatoms. The van der Waals surface area contributed by atoms with Gasteiger partial charge in [0.25, 0.3) is 0 Å². The second kappa shape index (κ2) is 5.57. The monoisotopic (exact) mass is 237 g/mol. The molecule has 0 heterocycles. The Balaban J connectivity index is 2.90. The Morgan fingerprint density at radius 1 is 1.24 bits per heavy atom. The average molecular weight is 237 g/mol. The zero-order valence-electron chi connectivity index (χ0n) is 11.0. The van der Waals surface area contributed by atoms with Gasteiger partial charge in [-0.05, 0) is 30.5 Å². The van der Waals surface area contributed by atoms with Gasteiger partial charge in [-0.15, -0.1) is 0 Å². The molecule has 0 aromatic heterocycles. The van der Waals surface area contributed by atoms with E-state index in [0.717, 1.165) is 22.4 Å². The number of rotatable bonds is 3. The number of aryl methyl sites for hydroxylation is 2. The molecule has 0 saturated carbocycles. The van der Waals surface area contributed by atoms with Crippen molar-refractivity contribution < 1.29 is 14.3 Å². The number of carbonyl (C=O) groups excluding carboxylic acids is 1. The summed E-state index contributed by atoms with van der Waals surface area (Å²) in [4.78, 5) is 12.8. The molecule has 1 amide bonds. The normalized spacial score (nSPS) is 9.94. The minimum atomic E-state index is -0.337. The largest absolute Gasteiger partial charge is 0.496 e. The minimum absolute atomic E-state index is 0.337. The van der Waals surface area contributed by atoms with E-state index >= 15 is 0 Å². The van der Waals surface area contributed by atoms with Crippen molar-refractivity contribution in [2.45, 2.75) is 20.4 Å². The molecule has 17 heavy (non-hydrogen) atoms. The van der Waals surface area contributed by atoms with Gasteiger partial charge in [0, 0.05) is 13.6 Å². The molecule has 0 saturated heterocycles. The number of carbonyl (C=O) groups is 1. The number of nitrogens with zero attached hydrogens (tertiary/aromatic N) is 1. The first-order valence-corrected chi connectivity index (χ1v) is 5.42. The average Bonchev–Trinajstić information content (AvgIpc) is 2.27. The molecule has 0 radical (unpaired) electrons. The van der Waals surface area contributed by atoms with Gasteiger partial charge in [-0.3, -0.25) is 0 Å². The Labute approximate surface area is 102 Å². The molecule has 0 atom stereocenters. The van der Waals surface area contributed by atoms with Crippen molar-refractivity contribution in [3.8, 4) is 5.75 Å². The number of hydrogen-bond acceptors (Lipinski definition) is 3. The van der Waals surface area contributed by atoms with Crippen LogP contribution in [0.15, 0.2) is 12.1 Å². The summed E-state index contributed by atoms with van der Waals surface area (Å²) in [7, 11) is 4.75. The summed E-state index contributed by atoms with van der Waals surface area (Å²) in [5.41, 5.74) is 3.20. The van der Waals surface area contributed by atoms with Crippen molar-refractivity contribution in [3.05, 3.63) is 28.8 Å². The molecule has 0 bridgehead atoms. The van der Waals surface area contributed by atoms with Crippen molar-refractivity contribution in [1.29, 1.82) is 0 Å². The number of hydrogen-bond donors (Lipinski definition) is 0. The minimum Gasteiger partial charge on any atom is -0.496 e. The molecule has 0 aliphatic rings. The van der Waals surface area contributed by atoms with Crippen LogP contribution in [0.3, 0.4) is 0 Å². The molecule has 1 rings (SSSR count). The predicted molar refractivity (Wildman–Crippen MR) is 66.3 cm³/mol. The van der Waals surface area contributed by atoms with E-state index in [2.05, 4.69) is 4.74 Å². The fourth-order valence-electron chi connectivity index (χ4n) is 1.95. The molecular weight excluding hydrogens is 218 g/mol. The van der Waals surface area contributed by atoms with Crippen molar-refractivity contribution in [1.82, 2.24) is 4.90 Å². The highest BCUT2D eigenvalue weighted by Gasteiger charge is 2.11. The van der Waals surface area contributed by atoms with Gasteiger partial charge in [0.2, 0.25) is 0 Å². The standard InChI is InChI=1S/C13H19NO3/c1-9-6-11(7-10(2)12(9)16-4)8-14(3)13(15)17-5/h6-7H,8H2,1-5H3. The first-order valence-electron chi connectivity index (χ1n) is 5.42. The summed E-state index contributed by atoms with van der Waals surface area (Å²) in [5, 5.41) is 0. The smallest absolute Gasteiger partial charge is 0.409 e. The highest BCUT2D eigenvalue weighted by molar-refractivity contribution is 5.67. The maximum atomic E-state index is 11.3. The molecule has 1 aromatic carbocycles. The van der Waals surface area contributed by atoms with E-state index in [1.165, 1.54) is 12.0 Å². The summed E-state index contributed by atoms with van der Waals surface area (Å²) in [5.74, 6) is 0.898. The van der Waals surface area contributed by atoms with Gasteiger partial charge in [0.15, 0.2) is 0 Å². The zero-order valence-corrected chi connectivity index (χ0v) is 11.0. The quantitative estimate of drug-likeness (QED) is 0.810. The molecule has 94 valence electrons. The number of methoxy groups -OCH3 is 2. The number of ether oxygens (including phenoxy) is 2. The third-order valence-corrected chi connectivity index (χ3v) is 2.63. The molecular formula is C13H19NO3. The van der Waals surface area contributed by atoms with Crippen LogP contribution in [0.5, 0.6) is 5.75 Å². The Kier molecular flexibility index (Phi) is 4.37. The zero-order chi connectivity index (χ0) is 13.0. The molecule has 4 nitrogen and oxygen atoms in total. The second-order valence-electron chi connectivity index (χ2n) is 4.09. The Morgan fingerprint density at radius 3 is 2.18 bits per heavy atom. The lowest BCUT2D eigenvalue weighted by Crippen LogP contribution is -2.25. The van der Waals surface area contributed by atoms with Gasteiger partial charge in [-0.25, -0.2) is 4.79 Å². The van der Waals surface area contributed by atoms with Gasteiger partial charge in [-0.1, -0.05) is 12.1 Å². The van der Waals surface area contributed by atoms with Crippen LogP contribution in [0.1, 0.15) is 16.7 Å². The molecule has 0 aliphatic heterocycles. The van der Waals surface area contributed by atoms with Crippen LogP contribution in [0, 0.1) is 13.8 Å². The van der Waals surface area contributed by atoms with E-state index < -0.39 is 0 Å². The fourth-order valence-corrected chi connectivity index (χ4v) is 1.95. The van der Waals surface area contributed by atoms with Crippen LogP contribution in [-0.2, 0) is 11.3 Å². The highest BCUT2D eigenvalue weighted by Crippen LogP contribution is 2.24. The van der Waals surface area contributed by atoms with Crippen molar-refractivity contribution >= 4 is 6.09 Å². The maximum Gasteiger partial charge on any atom is 0.409 e. The maximum absolute atomic E-state index is 11.3. The van der Waals surface area contributed by atoms with Crippen LogP contribution >= 0.6 is 0 Å². The molecule has 0 fully saturated rings. The van der Waals surface area contributed by atoms with E-state index in [1.54, 1.807) is 14.2 Å². The third-order valence-electron chi connectivity index (χ3n) is 2.63. The lowest BCUT2D eigenvalue weighted by Gasteiger charge is -2.17. The van der Waals surface area contributed by atoms with E-state index in [1.807, 2.05) is 26.0 Å². The van der Waals surface area contributed by atoms with E-state index in [4.69, 9.17) is 4.74 Å². The van der Waals surface area contributed by atoms with Gasteiger partial charge in [0.05, 0.1) is 14.2 Å². The Bertz CT molecular complexity index is 392. The third kappa shape index (κ3) is 3.12. The van der Waals surface area contributed by atoms with Gasteiger partial charge < -0.3 is 14.4 Å². The summed E-state index contributed by atoms with van der Waals surface area (Å²) < 4.78 is 9.95. The number of amides is 1. The molecule has 0 unspecified atom stereocenters. The van der Waals surface area contributed by atoms with E-state index in [-0.39, 0.29) is 6.09 Å². The number of benzene rings is 1. The summed E-state index contributed by atoms with van der Waals surface area (Å²) in [6, 6.07) is 4.04. The van der Waals surface area contributed by atoms with Crippen LogP contribution in [0.2, 0.25) is 0 Å². The lowest BCUT2D eigenvalue weighted by molar-refractivity contribution is 0.131. The van der Waals surface area contributed by atoms with Crippen molar-refractivity contribution in [3.63, 3.8) is 0 Å². The van der Waals surface area contributed by atoms with Crippen LogP contribution < -0.4 is 4.74 Å². The second-order valence-corrected chi connectivity index (χ2v) is 4.09. The Morgan fingerprint density at radius 2 is 1.76 bits per heavy atom. The SMILES string of the molecule is COC(=O)N(C)Cc1cc(C)c(OC)c(C)c1. The molecule has 0 aliphatic carbocycles. The lowest BCUT2D eigenvalue weighted by atomic mass is 10.1. The fraction of sp³-hybridized carbons (Fsp3) is 0.462. The first kappa shape index (κ1) is 13.4. The van der Waals surface area contributed by atoms with Gasteiger partial charge in [0.1, 0.15) is 5.75 Å². The van der Waals surface area contributed by atoms with Crippen LogP contribution in [0.25, 0.3) is 0 Å².